The number of sulfone groups is 1. The summed E-state index contributed by atoms with van der Waals surface area (Å²) in [5.41, 5.74) is 6.62. The van der Waals surface area contributed by atoms with Crippen molar-refractivity contribution in [1.82, 2.24) is 0 Å². The Hall–Kier alpha value is -0.870. The van der Waals surface area contributed by atoms with Crippen LogP contribution in [0.4, 0.5) is 0 Å². The van der Waals surface area contributed by atoms with Gasteiger partial charge in [0, 0.05) is 6.54 Å². The van der Waals surface area contributed by atoms with Gasteiger partial charge in [0.25, 0.3) is 0 Å². The maximum absolute atomic E-state index is 12.1. The molecule has 0 aliphatic rings. The topological polar surface area (TPSA) is 60.2 Å². The van der Waals surface area contributed by atoms with Gasteiger partial charge in [-0.25, -0.2) is 8.42 Å². The van der Waals surface area contributed by atoms with Crippen LogP contribution in [0.5, 0.6) is 0 Å². The van der Waals surface area contributed by atoms with E-state index in [1.54, 1.807) is 12.1 Å². The Morgan fingerprint density at radius 3 is 2.12 bits per heavy atom. The van der Waals surface area contributed by atoms with Gasteiger partial charge in [0.2, 0.25) is 0 Å². The van der Waals surface area contributed by atoms with Crippen molar-refractivity contribution >= 4 is 9.84 Å². The smallest absolute Gasteiger partial charge is 0.182 e. The molecule has 0 saturated carbocycles. The summed E-state index contributed by atoms with van der Waals surface area (Å²) >= 11 is 0. The molecule has 0 amide bonds. The van der Waals surface area contributed by atoms with E-state index in [1.165, 1.54) is 0 Å². The summed E-state index contributed by atoms with van der Waals surface area (Å²) in [6.45, 7) is 4.06. The van der Waals surface area contributed by atoms with Gasteiger partial charge in [-0.15, -0.1) is 0 Å². The lowest BCUT2D eigenvalue weighted by atomic mass is 10.2. The summed E-state index contributed by atoms with van der Waals surface area (Å²) in [7, 11) is -3.25. The predicted molar refractivity (Wildman–Crippen MR) is 66.1 cm³/mol. The van der Waals surface area contributed by atoms with Crippen LogP contribution >= 0.6 is 0 Å². The third kappa shape index (κ3) is 2.62. The fraction of sp³-hybridized carbons (Fsp3) is 0.500. The minimum atomic E-state index is -3.25. The molecule has 0 fully saturated rings. The molecule has 1 rings (SSSR count). The summed E-state index contributed by atoms with van der Waals surface area (Å²) in [6, 6.07) is 7.06. The quantitative estimate of drug-likeness (QED) is 0.854. The maximum Gasteiger partial charge on any atom is 0.182 e. The zero-order valence-electron chi connectivity index (χ0n) is 9.81. The summed E-state index contributed by atoms with van der Waals surface area (Å²) in [6.07, 6.45) is 1.46. The highest BCUT2D eigenvalue weighted by molar-refractivity contribution is 7.92. The molecule has 3 nitrogen and oxygen atoms in total. The van der Waals surface area contributed by atoms with E-state index in [2.05, 4.69) is 0 Å². The van der Waals surface area contributed by atoms with Crippen molar-refractivity contribution in [2.45, 2.75) is 36.8 Å². The largest absolute Gasteiger partial charge is 0.329 e. The van der Waals surface area contributed by atoms with Crippen LogP contribution in [-0.4, -0.2) is 20.2 Å². The van der Waals surface area contributed by atoms with Crippen LogP contribution in [0.2, 0.25) is 0 Å². The molecule has 1 aromatic rings. The molecule has 0 aromatic heterocycles. The lowest BCUT2D eigenvalue weighted by Gasteiger charge is -2.13. The van der Waals surface area contributed by atoms with E-state index in [9.17, 15) is 8.42 Å². The van der Waals surface area contributed by atoms with E-state index in [4.69, 9.17) is 5.73 Å². The van der Waals surface area contributed by atoms with Crippen LogP contribution in [0.25, 0.3) is 0 Å². The summed E-state index contributed by atoms with van der Waals surface area (Å²) < 4.78 is 24.2. The molecule has 0 aliphatic carbocycles. The van der Waals surface area contributed by atoms with Crippen molar-refractivity contribution in [3.05, 3.63) is 29.8 Å². The molecule has 0 spiro atoms. The van der Waals surface area contributed by atoms with Gasteiger partial charge in [-0.1, -0.05) is 26.0 Å². The Kier molecular flexibility index (Phi) is 4.50. The van der Waals surface area contributed by atoms with Crippen LogP contribution in [0.15, 0.2) is 29.2 Å². The van der Waals surface area contributed by atoms with Crippen LogP contribution in [-0.2, 0) is 16.3 Å². The van der Waals surface area contributed by atoms with Gasteiger partial charge in [-0.05, 0) is 30.5 Å². The maximum atomic E-state index is 12.1. The van der Waals surface area contributed by atoms with Gasteiger partial charge < -0.3 is 5.73 Å². The fourth-order valence-corrected chi connectivity index (χ4v) is 3.21. The number of nitrogens with two attached hydrogens (primary N) is 1. The van der Waals surface area contributed by atoms with E-state index in [0.29, 0.717) is 11.3 Å². The van der Waals surface area contributed by atoms with Crippen molar-refractivity contribution in [3.63, 3.8) is 0 Å². The van der Waals surface area contributed by atoms with E-state index >= 15 is 0 Å². The molecule has 1 aromatic carbocycles. The van der Waals surface area contributed by atoms with Gasteiger partial charge in [0.15, 0.2) is 9.84 Å². The highest BCUT2D eigenvalue weighted by atomic mass is 32.2. The van der Waals surface area contributed by atoms with Crippen molar-refractivity contribution in [2.24, 2.45) is 5.73 Å². The van der Waals surface area contributed by atoms with Crippen molar-refractivity contribution in [3.8, 4) is 0 Å². The molecular weight excluding hydrogens is 222 g/mol. The highest BCUT2D eigenvalue weighted by Crippen LogP contribution is 2.18. The molecule has 0 radical (unpaired) electrons. The summed E-state index contributed by atoms with van der Waals surface area (Å²) in [4.78, 5) is 0.377. The molecule has 0 saturated heterocycles. The number of aryl methyl sites for hydroxylation is 1. The summed E-state index contributed by atoms with van der Waals surface area (Å²) in [5.74, 6) is 0. The van der Waals surface area contributed by atoms with Gasteiger partial charge in [0.1, 0.15) is 0 Å². The third-order valence-electron chi connectivity index (χ3n) is 2.82. The first-order chi connectivity index (χ1) is 7.56. The average molecular weight is 241 g/mol. The number of hydrogen-bond acceptors (Lipinski definition) is 3. The second-order valence-electron chi connectivity index (χ2n) is 3.81. The molecule has 2 N–H and O–H groups in total. The van der Waals surface area contributed by atoms with Gasteiger partial charge in [-0.3, -0.25) is 0 Å². The van der Waals surface area contributed by atoms with Crippen LogP contribution in [0.3, 0.4) is 0 Å². The summed E-state index contributed by atoms with van der Waals surface area (Å²) in [5, 5.41) is -0.472. The normalized spacial score (nSPS) is 13.7. The molecule has 0 aliphatic heterocycles. The Morgan fingerprint density at radius 1 is 1.19 bits per heavy atom. The molecule has 1 atom stereocenters. The van der Waals surface area contributed by atoms with Gasteiger partial charge >= 0.3 is 0 Å². The van der Waals surface area contributed by atoms with Crippen LogP contribution in [0, 0.1) is 0 Å². The molecule has 4 heteroatoms. The molecule has 1 unspecified atom stereocenters. The Morgan fingerprint density at radius 2 is 1.75 bits per heavy atom. The second kappa shape index (κ2) is 5.46. The van der Waals surface area contributed by atoms with Crippen molar-refractivity contribution < 1.29 is 8.42 Å². The highest BCUT2D eigenvalue weighted by Gasteiger charge is 2.24. The lowest BCUT2D eigenvalue weighted by molar-refractivity contribution is 0.576. The molecule has 0 bridgehead atoms. The molecule has 16 heavy (non-hydrogen) atoms. The van der Waals surface area contributed by atoms with E-state index in [0.717, 1.165) is 12.0 Å². The van der Waals surface area contributed by atoms with Gasteiger partial charge in [0.05, 0.1) is 10.1 Å². The molecule has 90 valence electrons. The average Bonchev–Trinajstić information content (AvgIpc) is 2.30. The fourth-order valence-electron chi connectivity index (χ4n) is 1.62. The number of hydrogen-bond donors (Lipinski definition) is 1. The van der Waals surface area contributed by atoms with Crippen molar-refractivity contribution in [1.29, 1.82) is 0 Å². The zero-order chi connectivity index (χ0) is 12.2. The zero-order valence-corrected chi connectivity index (χ0v) is 10.6. The van der Waals surface area contributed by atoms with Crippen LogP contribution in [0.1, 0.15) is 25.8 Å². The van der Waals surface area contributed by atoms with E-state index < -0.39 is 15.1 Å². The van der Waals surface area contributed by atoms with E-state index in [1.807, 2.05) is 26.0 Å². The lowest BCUT2D eigenvalue weighted by Crippen LogP contribution is -2.29. The monoisotopic (exact) mass is 241 g/mol. The predicted octanol–water partition coefficient (Wildman–Crippen LogP) is 1.76. The molecule has 0 heterocycles. The first-order valence-corrected chi connectivity index (χ1v) is 7.13. The SMILES string of the molecule is CCc1ccc(S(=O)(=O)C(CC)CN)cc1. The van der Waals surface area contributed by atoms with Crippen LogP contribution < -0.4 is 5.73 Å². The molecular formula is C12H19NO2S. The Labute approximate surface area is 97.6 Å². The minimum Gasteiger partial charge on any atom is -0.329 e. The Balaban J connectivity index is 3.07. The second-order valence-corrected chi connectivity index (χ2v) is 6.04. The Bertz CT molecular complexity index is 419. The first-order valence-electron chi connectivity index (χ1n) is 5.59. The number of benzene rings is 1. The minimum absolute atomic E-state index is 0.175. The standard InChI is InChI=1S/C12H19NO2S/c1-3-10-5-7-12(8-6-10)16(14,15)11(4-2)9-13/h5-8,11H,3-4,9,13H2,1-2H3. The van der Waals surface area contributed by atoms with Crippen molar-refractivity contribution in [2.75, 3.05) is 6.54 Å². The first kappa shape index (κ1) is 13.2. The third-order valence-corrected chi connectivity index (χ3v) is 5.15. The van der Waals surface area contributed by atoms with Gasteiger partial charge in [-0.2, -0.15) is 0 Å². The van der Waals surface area contributed by atoms with E-state index in [-0.39, 0.29) is 6.54 Å². The number of rotatable bonds is 5.